The SMILES string of the molecule is COCCN(CCO)CC(=O)NNC(=O)c1ccccc1. The maximum Gasteiger partial charge on any atom is 0.269 e. The molecule has 21 heavy (non-hydrogen) atoms. The number of aliphatic hydroxyl groups excluding tert-OH is 1. The van der Waals surface area contributed by atoms with Gasteiger partial charge < -0.3 is 9.84 Å². The lowest BCUT2D eigenvalue weighted by Gasteiger charge is -2.20. The summed E-state index contributed by atoms with van der Waals surface area (Å²) in [6, 6.07) is 8.59. The molecule has 0 saturated heterocycles. The number of hydrogen-bond donors (Lipinski definition) is 3. The zero-order valence-corrected chi connectivity index (χ0v) is 12.0. The Morgan fingerprint density at radius 1 is 1.19 bits per heavy atom. The van der Waals surface area contributed by atoms with Crippen LogP contribution in [0.4, 0.5) is 0 Å². The number of amides is 2. The van der Waals surface area contributed by atoms with Crippen molar-refractivity contribution in [2.45, 2.75) is 0 Å². The number of benzene rings is 1. The summed E-state index contributed by atoms with van der Waals surface area (Å²) in [7, 11) is 1.57. The third kappa shape index (κ3) is 6.84. The molecule has 1 rings (SSSR count). The monoisotopic (exact) mass is 295 g/mol. The lowest BCUT2D eigenvalue weighted by molar-refractivity contribution is -0.123. The number of methoxy groups -OCH3 is 1. The van der Waals surface area contributed by atoms with E-state index in [9.17, 15) is 9.59 Å². The molecule has 0 aliphatic carbocycles. The van der Waals surface area contributed by atoms with E-state index in [1.165, 1.54) is 0 Å². The minimum Gasteiger partial charge on any atom is -0.395 e. The minimum absolute atomic E-state index is 0.0482. The number of carbonyl (C=O) groups is 2. The number of nitrogens with one attached hydrogen (secondary N) is 2. The molecule has 0 spiro atoms. The predicted molar refractivity (Wildman–Crippen MR) is 77.5 cm³/mol. The molecule has 0 aromatic heterocycles. The Balaban J connectivity index is 2.36. The van der Waals surface area contributed by atoms with Crippen LogP contribution in [0.15, 0.2) is 30.3 Å². The molecule has 0 heterocycles. The Morgan fingerprint density at radius 3 is 2.52 bits per heavy atom. The zero-order valence-electron chi connectivity index (χ0n) is 12.0. The van der Waals surface area contributed by atoms with Crippen LogP contribution >= 0.6 is 0 Å². The first-order valence-electron chi connectivity index (χ1n) is 6.63. The molecule has 0 unspecified atom stereocenters. The summed E-state index contributed by atoms with van der Waals surface area (Å²) < 4.78 is 4.93. The Morgan fingerprint density at radius 2 is 1.90 bits per heavy atom. The summed E-state index contributed by atoms with van der Waals surface area (Å²) in [5, 5.41) is 8.93. The lowest BCUT2D eigenvalue weighted by Crippen LogP contribution is -2.47. The van der Waals surface area contributed by atoms with Crippen molar-refractivity contribution in [1.29, 1.82) is 0 Å². The van der Waals surface area contributed by atoms with Gasteiger partial charge in [0.1, 0.15) is 0 Å². The van der Waals surface area contributed by atoms with Crippen molar-refractivity contribution >= 4 is 11.8 Å². The fourth-order valence-corrected chi connectivity index (χ4v) is 1.66. The summed E-state index contributed by atoms with van der Waals surface area (Å²) in [6.07, 6.45) is 0. The van der Waals surface area contributed by atoms with Gasteiger partial charge in [-0.25, -0.2) is 0 Å². The van der Waals surface area contributed by atoms with E-state index >= 15 is 0 Å². The van der Waals surface area contributed by atoms with Crippen LogP contribution in [0.2, 0.25) is 0 Å². The Kier molecular flexibility index (Phi) is 8.03. The van der Waals surface area contributed by atoms with Gasteiger partial charge in [-0.15, -0.1) is 0 Å². The standard InChI is InChI=1S/C14H21N3O4/c1-21-10-8-17(7-9-18)11-13(19)15-16-14(20)12-5-3-2-4-6-12/h2-6,18H,7-11H2,1H3,(H,15,19)(H,16,20). The summed E-state index contributed by atoms with van der Waals surface area (Å²) in [5.74, 6) is -0.738. The molecule has 3 N–H and O–H groups in total. The fraction of sp³-hybridized carbons (Fsp3) is 0.429. The van der Waals surface area contributed by atoms with Crippen molar-refractivity contribution in [3.63, 3.8) is 0 Å². The molecule has 0 saturated carbocycles. The van der Waals surface area contributed by atoms with Gasteiger partial charge in [-0.3, -0.25) is 25.3 Å². The molecule has 1 aromatic carbocycles. The second-order valence-corrected chi connectivity index (χ2v) is 4.36. The number of ether oxygens (including phenoxy) is 1. The maximum atomic E-state index is 11.7. The summed E-state index contributed by atoms with van der Waals surface area (Å²) in [4.78, 5) is 25.2. The third-order valence-electron chi connectivity index (χ3n) is 2.75. The van der Waals surface area contributed by atoms with Crippen molar-refractivity contribution in [3.8, 4) is 0 Å². The van der Waals surface area contributed by atoms with E-state index in [4.69, 9.17) is 9.84 Å². The minimum atomic E-state index is -0.380. The predicted octanol–water partition coefficient (Wildman–Crippen LogP) is -0.612. The molecule has 1 aromatic rings. The summed E-state index contributed by atoms with van der Waals surface area (Å²) in [6.45, 7) is 1.37. The Hall–Kier alpha value is -1.96. The second-order valence-electron chi connectivity index (χ2n) is 4.36. The van der Waals surface area contributed by atoms with E-state index < -0.39 is 0 Å². The average Bonchev–Trinajstić information content (AvgIpc) is 2.51. The highest BCUT2D eigenvalue weighted by Crippen LogP contribution is 1.96. The lowest BCUT2D eigenvalue weighted by atomic mass is 10.2. The van der Waals surface area contributed by atoms with Crippen LogP contribution < -0.4 is 10.9 Å². The van der Waals surface area contributed by atoms with Crippen molar-refractivity contribution in [3.05, 3.63) is 35.9 Å². The van der Waals surface area contributed by atoms with Gasteiger partial charge in [0.25, 0.3) is 11.8 Å². The van der Waals surface area contributed by atoms with Crippen molar-refractivity contribution in [2.24, 2.45) is 0 Å². The van der Waals surface area contributed by atoms with Crippen LogP contribution in [-0.4, -0.2) is 61.8 Å². The van der Waals surface area contributed by atoms with Gasteiger partial charge in [-0.1, -0.05) is 18.2 Å². The Bertz CT molecular complexity index is 439. The highest BCUT2D eigenvalue weighted by atomic mass is 16.5. The number of aliphatic hydroxyl groups is 1. The summed E-state index contributed by atoms with van der Waals surface area (Å²) >= 11 is 0. The van der Waals surface area contributed by atoms with Crippen LogP contribution in [0.25, 0.3) is 0 Å². The largest absolute Gasteiger partial charge is 0.395 e. The van der Waals surface area contributed by atoms with E-state index in [2.05, 4.69) is 10.9 Å². The summed E-state index contributed by atoms with van der Waals surface area (Å²) in [5.41, 5.74) is 5.15. The Labute approximate surface area is 123 Å². The number of hydrogen-bond acceptors (Lipinski definition) is 5. The first kappa shape index (κ1) is 17.1. The van der Waals surface area contributed by atoms with Gasteiger partial charge in [-0.2, -0.15) is 0 Å². The van der Waals surface area contributed by atoms with Crippen LogP contribution in [0.1, 0.15) is 10.4 Å². The normalized spacial score (nSPS) is 10.4. The molecule has 0 bridgehead atoms. The van der Waals surface area contributed by atoms with Gasteiger partial charge in [0.15, 0.2) is 0 Å². The van der Waals surface area contributed by atoms with E-state index in [-0.39, 0.29) is 25.0 Å². The van der Waals surface area contributed by atoms with Gasteiger partial charge in [0.2, 0.25) is 0 Å². The van der Waals surface area contributed by atoms with Gasteiger partial charge in [-0.05, 0) is 12.1 Å². The zero-order chi connectivity index (χ0) is 15.5. The molecule has 0 fully saturated rings. The second kappa shape index (κ2) is 9.87. The van der Waals surface area contributed by atoms with E-state index in [0.717, 1.165) is 0 Å². The first-order valence-corrected chi connectivity index (χ1v) is 6.63. The highest BCUT2D eigenvalue weighted by Gasteiger charge is 2.11. The van der Waals surface area contributed by atoms with Crippen LogP contribution in [-0.2, 0) is 9.53 Å². The van der Waals surface area contributed by atoms with Crippen molar-refractivity contribution in [1.82, 2.24) is 15.8 Å². The molecule has 2 amide bonds. The van der Waals surface area contributed by atoms with Gasteiger partial charge >= 0.3 is 0 Å². The molecular formula is C14H21N3O4. The molecule has 0 aliphatic rings. The van der Waals surface area contributed by atoms with Crippen LogP contribution in [0, 0.1) is 0 Å². The van der Waals surface area contributed by atoms with E-state index in [1.54, 1.807) is 42.3 Å². The number of nitrogens with zero attached hydrogens (tertiary/aromatic N) is 1. The number of hydrazine groups is 1. The molecule has 0 atom stereocenters. The topological polar surface area (TPSA) is 90.9 Å². The smallest absolute Gasteiger partial charge is 0.269 e. The van der Waals surface area contributed by atoms with E-state index in [1.807, 2.05) is 0 Å². The molecule has 0 radical (unpaired) electrons. The first-order chi connectivity index (χ1) is 10.2. The van der Waals surface area contributed by atoms with Crippen molar-refractivity contribution < 1.29 is 19.4 Å². The quantitative estimate of drug-likeness (QED) is 0.557. The number of rotatable bonds is 8. The molecular weight excluding hydrogens is 274 g/mol. The fourth-order valence-electron chi connectivity index (χ4n) is 1.66. The maximum absolute atomic E-state index is 11.7. The van der Waals surface area contributed by atoms with E-state index in [0.29, 0.717) is 25.3 Å². The van der Waals surface area contributed by atoms with Crippen LogP contribution in [0.5, 0.6) is 0 Å². The molecule has 0 aliphatic heterocycles. The number of carbonyl (C=O) groups excluding carboxylic acids is 2. The average molecular weight is 295 g/mol. The molecule has 7 heteroatoms. The molecule has 116 valence electrons. The van der Waals surface area contributed by atoms with Gasteiger partial charge in [0, 0.05) is 25.8 Å². The molecule has 7 nitrogen and oxygen atoms in total. The van der Waals surface area contributed by atoms with Gasteiger partial charge in [0.05, 0.1) is 19.8 Å². The highest BCUT2D eigenvalue weighted by molar-refractivity contribution is 5.95. The van der Waals surface area contributed by atoms with Crippen LogP contribution in [0.3, 0.4) is 0 Å². The van der Waals surface area contributed by atoms with Crippen molar-refractivity contribution in [2.75, 3.05) is 40.0 Å². The third-order valence-corrected chi connectivity index (χ3v) is 2.75.